The molecule has 3 rings (SSSR count). The van der Waals surface area contributed by atoms with E-state index in [0.29, 0.717) is 26.1 Å². The van der Waals surface area contributed by atoms with Crippen molar-refractivity contribution in [1.29, 1.82) is 0 Å². The highest BCUT2D eigenvalue weighted by molar-refractivity contribution is 5.76. The Labute approximate surface area is 148 Å². The molecule has 7 nitrogen and oxygen atoms in total. The second-order valence-electron chi connectivity index (χ2n) is 6.39. The Morgan fingerprint density at radius 1 is 1.36 bits per heavy atom. The maximum Gasteiger partial charge on any atom is 0.222 e. The van der Waals surface area contributed by atoms with Gasteiger partial charge in [-0.15, -0.1) is 0 Å². The number of ether oxygens (including phenoxy) is 1. The van der Waals surface area contributed by atoms with Crippen molar-refractivity contribution in [2.45, 2.75) is 25.5 Å². The summed E-state index contributed by atoms with van der Waals surface area (Å²) in [5.41, 5.74) is 0.875. The molecule has 0 radical (unpaired) electrons. The summed E-state index contributed by atoms with van der Waals surface area (Å²) in [7, 11) is 3.92. The predicted molar refractivity (Wildman–Crippen MR) is 95.3 cm³/mol. The molecule has 1 aliphatic heterocycles. The van der Waals surface area contributed by atoms with Gasteiger partial charge in [-0.3, -0.25) is 9.48 Å². The second-order valence-corrected chi connectivity index (χ2v) is 6.39. The predicted octanol–water partition coefficient (Wildman–Crippen LogP) is 1.72. The number of amides is 1. The lowest BCUT2D eigenvalue weighted by Gasteiger charge is -2.33. The largest absolute Gasteiger partial charge is 0.368 e. The van der Waals surface area contributed by atoms with Crippen LogP contribution in [0.15, 0.2) is 36.7 Å². The van der Waals surface area contributed by atoms with E-state index in [0.717, 1.165) is 24.5 Å². The fourth-order valence-electron chi connectivity index (χ4n) is 2.91. The van der Waals surface area contributed by atoms with Gasteiger partial charge >= 0.3 is 0 Å². The second kappa shape index (κ2) is 8.11. The van der Waals surface area contributed by atoms with Crippen LogP contribution in [0.1, 0.15) is 24.6 Å². The number of aryl methyl sites for hydroxylation is 1. The molecule has 0 bridgehead atoms. The van der Waals surface area contributed by atoms with Gasteiger partial charge in [0.1, 0.15) is 11.9 Å². The summed E-state index contributed by atoms with van der Waals surface area (Å²) >= 11 is 0. The number of aromatic nitrogens is 3. The third-order valence-corrected chi connectivity index (χ3v) is 4.30. The van der Waals surface area contributed by atoms with Gasteiger partial charge in [-0.05, 0) is 24.6 Å². The van der Waals surface area contributed by atoms with Gasteiger partial charge in [0.2, 0.25) is 5.91 Å². The Bertz CT molecular complexity index is 687. The van der Waals surface area contributed by atoms with Crippen molar-refractivity contribution in [3.8, 4) is 0 Å². The highest BCUT2D eigenvalue weighted by Crippen LogP contribution is 2.23. The summed E-state index contributed by atoms with van der Waals surface area (Å²) in [4.78, 5) is 21.0. The van der Waals surface area contributed by atoms with Crippen LogP contribution in [0, 0.1) is 0 Å². The van der Waals surface area contributed by atoms with E-state index in [1.807, 2.05) is 59.0 Å². The number of hydrogen-bond acceptors (Lipinski definition) is 5. The summed E-state index contributed by atoms with van der Waals surface area (Å²) in [6.07, 6.45) is 4.82. The van der Waals surface area contributed by atoms with E-state index in [4.69, 9.17) is 4.74 Å². The third-order valence-electron chi connectivity index (χ3n) is 4.30. The van der Waals surface area contributed by atoms with E-state index in [1.54, 1.807) is 6.20 Å². The van der Waals surface area contributed by atoms with E-state index in [1.165, 1.54) is 0 Å². The maximum absolute atomic E-state index is 12.5. The lowest BCUT2D eigenvalue weighted by Crippen LogP contribution is -2.42. The number of rotatable bonds is 6. The van der Waals surface area contributed by atoms with Gasteiger partial charge in [-0.25, -0.2) is 4.98 Å². The zero-order valence-electron chi connectivity index (χ0n) is 14.8. The van der Waals surface area contributed by atoms with Gasteiger partial charge in [0.25, 0.3) is 0 Å². The zero-order chi connectivity index (χ0) is 17.6. The fourth-order valence-corrected chi connectivity index (χ4v) is 2.91. The molecule has 1 aliphatic rings. The average Bonchev–Trinajstić information content (AvgIpc) is 3.15. The van der Waals surface area contributed by atoms with Crippen molar-refractivity contribution in [2.24, 2.45) is 0 Å². The molecule has 0 saturated carbocycles. The first-order valence-corrected chi connectivity index (χ1v) is 8.64. The summed E-state index contributed by atoms with van der Waals surface area (Å²) in [6.45, 7) is 2.51. The van der Waals surface area contributed by atoms with Crippen molar-refractivity contribution in [3.05, 3.63) is 42.4 Å². The lowest BCUT2D eigenvalue weighted by molar-refractivity contribution is -0.139. The molecular formula is C18H25N5O2. The van der Waals surface area contributed by atoms with E-state index in [9.17, 15) is 4.79 Å². The highest BCUT2D eigenvalue weighted by atomic mass is 16.5. The van der Waals surface area contributed by atoms with Crippen LogP contribution in [0.2, 0.25) is 0 Å². The first kappa shape index (κ1) is 17.4. The van der Waals surface area contributed by atoms with Crippen molar-refractivity contribution in [1.82, 2.24) is 19.7 Å². The molecule has 1 atom stereocenters. The van der Waals surface area contributed by atoms with Gasteiger partial charge in [0.05, 0.1) is 18.8 Å². The molecule has 7 heteroatoms. The number of pyridine rings is 1. The number of morpholine rings is 1. The lowest BCUT2D eigenvalue weighted by atomic mass is 10.1. The first-order chi connectivity index (χ1) is 12.1. The average molecular weight is 343 g/mol. The molecule has 0 aromatic carbocycles. The fraction of sp³-hybridized carbons (Fsp3) is 0.500. The van der Waals surface area contributed by atoms with Crippen LogP contribution in [0.5, 0.6) is 0 Å². The van der Waals surface area contributed by atoms with Crippen LogP contribution in [0.4, 0.5) is 5.82 Å². The number of carbonyl (C=O) groups is 1. The van der Waals surface area contributed by atoms with E-state index in [2.05, 4.69) is 10.1 Å². The zero-order valence-corrected chi connectivity index (χ0v) is 14.8. The molecule has 3 heterocycles. The van der Waals surface area contributed by atoms with Gasteiger partial charge in [-0.1, -0.05) is 6.07 Å². The molecule has 0 N–H and O–H groups in total. The van der Waals surface area contributed by atoms with Gasteiger partial charge in [0, 0.05) is 46.0 Å². The molecule has 2 aromatic rings. The molecular weight excluding hydrogens is 318 g/mol. The Kier molecular flexibility index (Phi) is 5.65. The van der Waals surface area contributed by atoms with Crippen LogP contribution in [-0.2, 0) is 16.1 Å². The van der Waals surface area contributed by atoms with E-state index in [-0.39, 0.29) is 12.0 Å². The summed E-state index contributed by atoms with van der Waals surface area (Å²) < 4.78 is 7.71. The molecule has 134 valence electrons. The molecule has 1 saturated heterocycles. The summed E-state index contributed by atoms with van der Waals surface area (Å²) in [5.74, 6) is 1.06. The number of nitrogens with zero attached hydrogens (tertiary/aromatic N) is 5. The van der Waals surface area contributed by atoms with Crippen LogP contribution >= 0.6 is 0 Å². The van der Waals surface area contributed by atoms with E-state index >= 15 is 0 Å². The molecule has 0 spiro atoms. The van der Waals surface area contributed by atoms with Crippen molar-refractivity contribution < 1.29 is 9.53 Å². The first-order valence-electron chi connectivity index (χ1n) is 8.64. The Hall–Kier alpha value is -2.41. The topological polar surface area (TPSA) is 63.5 Å². The van der Waals surface area contributed by atoms with E-state index < -0.39 is 0 Å². The number of anilines is 1. The molecule has 1 amide bonds. The smallest absolute Gasteiger partial charge is 0.222 e. The van der Waals surface area contributed by atoms with Gasteiger partial charge in [0.15, 0.2) is 0 Å². The highest BCUT2D eigenvalue weighted by Gasteiger charge is 2.26. The summed E-state index contributed by atoms with van der Waals surface area (Å²) in [6, 6.07) is 7.79. The minimum absolute atomic E-state index is 0.163. The number of hydrogen-bond donors (Lipinski definition) is 0. The van der Waals surface area contributed by atoms with Crippen molar-refractivity contribution in [2.75, 3.05) is 38.7 Å². The monoisotopic (exact) mass is 343 g/mol. The Morgan fingerprint density at radius 2 is 2.24 bits per heavy atom. The van der Waals surface area contributed by atoms with Crippen molar-refractivity contribution >= 4 is 11.7 Å². The van der Waals surface area contributed by atoms with Crippen molar-refractivity contribution in [3.63, 3.8) is 0 Å². The van der Waals surface area contributed by atoms with Crippen LogP contribution < -0.4 is 4.90 Å². The normalized spacial score (nSPS) is 17.5. The maximum atomic E-state index is 12.5. The Morgan fingerprint density at radius 3 is 3.00 bits per heavy atom. The quantitative estimate of drug-likeness (QED) is 0.799. The summed E-state index contributed by atoms with van der Waals surface area (Å²) in [5, 5.41) is 4.16. The molecule has 25 heavy (non-hydrogen) atoms. The third kappa shape index (κ3) is 4.57. The van der Waals surface area contributed by atoms with Gasteiger partial charge in [-0.2, -0.15) is 5.10 Å². The Balaban J connectivity index is 1.55. The van der Waals surface area contributed by atoms with Crippen LogP contribution in [-0.4, -0.2) is 59.4 Å². The van der Waals surface area contributed by atoms with Crippen LogP contribution in [0.25, 0.3) is 0 Å². The van der Waals surface area contributed by atoms with Gasteiger partial charge < -0.3 is 14.5 Å². The minimum atomic E-state index is -0.163. The SMILES string of the molecule is CN(C)c1cccc([C@H]2CN(C(=O)CCCn3cccn3)CCO2)n1. The minimum Gasteiger partial charge on any atom is -0.368 e. The standard InChI is InChI=1S/C18H25N5O2/c1-21(2)17-7-3-6-15(20-17)16-14-22(12-13-25-16)18(24)8-4-10-23-11-5-9-19-23/h3,5-7,9,11,16H,4,8,10,12-14H2,1-2H3/t16-/m1/s1. The molecule has 0 aliphatic carbocycles. The number of carbonyl (C=O) groups excluding carboxylic acids is 1. The van der Waals surface area contributed by atoms with Crippen LogP contribution in [0.3, 0.4) is 0 Å². The molecule has 1 fully saturated rings. The molecule has 2 aromatic heterocycles. The molecule has 0 unspecified atom stereocenters.